The summed E-state index contributed by atoms with van der Waals surface area (Å²) >= 11 is 1.24. The molecule has 7 nitrogen and oxygen atoms in total. The highest BCUT2D eigenvalue weighted by atomic mass is 32.2. The summed E-state index contributed by atoms with van der Waals surface area (Å²) in [6.07, 6.45) is 1.99. The number of nitrogens with one attached hydrogen (secondary N) is 2. The topological polar surface area (TPSA) is 89.0 Å². The lowest BCUT2D eigenvalue weighted by molar-refractivity contribution is -0.113. The first-order chi connectivity index (χ1) is 12.0. The van der Waals surface area contributed by atoms with E-state index in [0.29, 0.717) is 11.7 Å². The van der Waals surface area contributed by atoms with Crippen LogP contribution in [-0.4, -0.2) is 39.1 Å². The molecular formula is C17H22N4O3S. The molecule has 134 valence electrons. The van der Waals surface area contributed by atoms with Crippen LogP contribution in [0.1, 0.15) is 24.0 Å². The minimum atomic E-state index is -0.270. The molecule has 0 spiro atoms. The zero-order valence-electron chi connectivity index (χ0n) is 14.4. The van der Waals surface area contributed by atoms with E-state index in [1.165, 1.54) is 11.8 Å². The highest BCUT2D eigenvalue weighted by molar-refractivity contribution is 7.99. The highest BCUT2D eigenvalue weighted by Crippen LogP contribution is 2.20. The van der Waals surface area contributed by atoms with Gasteiger partial charge in [-0.05, 0) is 43.9 Å². The molecule has 2 N–H and O–H groups in total. The third-order valence-corrected chi connectivity index (χ3v) is 5.11. The maximum absolute atomic E-state index is 12.2. The Morgan fingerprint density at radius 2 is 2.32 bits per heavy atom. The molecule has 1 atom stereocenters. The molecule has 2 aromatic rings. The third-order valence-electron chi connectivity index (χ3n) is 4.13. The Morgan fingerprint density at radius 1 is 1.48 bits per heavy atom. The Kier molecular flexibility index (Phi) is 5.60. The van der Waals surface area contributed by atoms with Crippen LogP contribution in [0.25, 0.3) is 0 Å². The van der Waals surface area contributed by atoms with Crippen molar-refractivity contribution in [1.82, 2.24) is 14.8 Å². The van der Waals surface area contributed by atoms with Gasteiger partial charge in [-0.3, -0.25) is 9.36 Å². The number of benzene rings is 1. The number of ether oxygens (including phenoxy) is 1. The van der Waals surface area contributed by atoms with Crippen molar-refractivity contribution in [2.75, 3.05) is 17.7 Å². The van der Waals surface area contributed by atoms with Crippen molar-refractivity contribution in [2.24, 2.45) is 0 Å². The standard InChI is InChI=1S/C17H22N4O3S/c1-11-5-6-12(2)14(8-11)18-15(22)10-25-17-20-19-16(23)21(17)9-13-4-3-7-24-13/h5-6,8,13H,3-4,7,9-10H2,1-2H3,(H,18,22)(H,19,23). The Morgan fingerprint density at radius 3 is 3.08 bits per heavy atom. The van der Waals surface area contributed by atoms with Gasteiger partial charge in [0.2, 0.25) is 5.91 Å². The summed E-state index contributed by atoms with van der Waals surface area (Å²) in [4.78, 5) is 24.2. The number of aromatic amines is 1. The smallest absolute Gasteiger partial charge is 0.344 e. The first-order valence-electron chi connectivity index (χ1n) is 8.29. The van der Waals surface area contributed by atoms with Crippen LogP contribution >= 0.6 is 11.8 Å². The Labute approximate surface area is 150 Å². The number of H-pyrrole nitrogens is 1. The Hall–Kier alpha value is -2.06. The van der Waals surface area contributed by atoms with E-state index < -0.39 is 0 Å². The quantitative estimate of drug-likeness (QED) is 0.768. The zero-order chi connectivity index (χ0) is 17.8. The number of anilines is 1. The van der Waals surface area contributed by atoms with Gasteiger partial charge in [0.25, 0.3) is 0 Å². The normalized spacial score (nSPS) is 17.0. The lowest BCUT2D eigenvalue weighted by atomic mass is 10.1. The predicted molar refractivity (Wildman–Crippen MR) is 97.1 cm³/mol. The number of aromatic nitrogens is 3. The van der Waals surface area contributed by atoms with E-state index in [1.807, 2.05) is 32.0 Å². The van der Waals surface area contributed by atoms with Crippen LogP contribution in [0.15, 0.2) is 28.2 Å². The number of thioether (sulfide) groups is 1. The van der Waals surface area contributed by atoms with Crippen molar-refractivity contribution < 1.29 is 9.53 Å². The van der Waals surface area contributed by atoms with Gasteiger partial charge in [0.05, 0.1) is 18.4 Å². The van der Waals surface area contributed by atoms with Gasteiger partial charge < -0.3 is 10.1 Å². The number of rotatable bonds is 6. The molecule has 0 radical (unpaired) electrons. The molecule has 1 aromatic heterocycles. The first kappa shape index (κ1) is 17.8. The van der Waals surface area contributed by atoms with Crippen molar-refractivity contribution in [1.29, 1.82) is 0 Å². The fourth-order valence-electron chi connectivity index (χ4n) is 2.75. The van der Waals surface area contributed by atoms with Crippen LogP contribution in [-0.2, 0) is 16.1 Å². The fraction of sp³-hybridized carbons (Fsp3) is 0.471. The SMILES string of the molecule is Cc1ccc(C)c(NC(=O)CSc2n[nH]c(=O)n2CC2CCCO2)c1. The first-order valence-corrected chi connectivity index (χ1v) is 9.28. The van der Waals surface area contributed by atoms with Gasteiger partial charge >= 0.3 is 5.69 Å². The molecule has 8 heteroatoms. The maximum Gasteiger partial charge on any atom is 0.344 e. The molecule has 3 rings (SSSR count). The molecular weight excluding hydrogens is 340 g/mol. The molecule has 1 unspecified atom stereocenters. The number of amides is 1. The number of hydrogen-bond acceptors (Lipinski definition) is 5. The summed E-state index contributed by atoms with van der Waals surface area (Å²) in [5.41, 5.74) is 2.64. The van der Waals surface area contributed by atoms with Crippen molar-refractivity contribution in [3.05, 3.63) is 39.8 Å². The molecule has 1 aliphatic heterocycles. The predicted octanol–water partition coefficient (Wildman–Crippen LogP) is 2.10. The van der Waals surface area contributed by atoms with Crippen LogP contribution in [0.3, 0.4) is 0 Å². The van der Waals surface area contributed by atoms with Crippen LogP contribution in [0.2, 0.25) is 0 Å². The second-order valence-electron chi connectivity index (χ2n) is 6.21. The second-order valence-corrected chi connectivity index (χ2v) is 7.15. The second kappa shape index (κ2) is 7.88. The molecule has 2 heterocycles. The number of nitrogens with zero attached hydrogens (tertiary/aromatic N) is 2. The molecule has 1 fully saturated rings. The molecule has 1 aliphatic rings. The van der Waals surface area contributed by atoms with Gasteiger partial charge in [0, 0.05) is 12.3 Å². The van der Waals surface area contributed by atoms with Crippen LogP contribution < -0.4 is 11.0 Å². The fourth-order valence-corrected chi connectivity index (χ4v) is 3.51. The van der Waals surface area contributed by atoms with Gasteiger partial charge in [-0.15, -0.1) is 5.10 Å². The van der Waals surface area contributed by atoms with Crippen molar-refractivity contribution in [2.45, 2.75) is 44.5 Å². The van der Waals surface area contributed by atoms with Gasteiger partial charge in [0.1, 0.15) is 0 Å². The minimum absolute atomic E-state index is 0.0402. The Bertz CT molecular complexity index is 808. The average Bonchev–Trinajstić information content (AvgIpc) is 3.21. The van der Waals surface area contributed by atoms with E-state index in [1.54, 1.807) is 4.57 Å². The average molecular weight is 362 g/mol. The molecule has 0 aliphatic carbocycles. The van der Waals surface area contributed by atoms with E-state index in [4.69, 9.17) is 4.74 Å². The molecule has 1 aromatic carbocycles. The molecule has 0 saturated carbocycles. The van der Waals surface area contributed by atoms with E-state index in [9.17, 15) is 9.59 Å². The largest absolute Gasteiger partial charge is 0.376 e. The minimum Gasteiger partial charge on any atom is -0.376 e. The summed E-state index contributed by atoms with van der Waals surface area (Å²) in [6.45, 7) is 5.14. The Balaban J connectivity index is 1.60. The van der Waals surface area contributed by atoms with Crippen molar-refractivity contribution >= 4 is 23.4 Å². The van der Waals surface area contributed by atoms with Crippen LogP contribution in [0, 0.1) is 13.8 Å². The molecule has 0 bridgehead atoms. The van der Waals surface area contributed by atoms with Crippen LogP contribution in [0.4, 0.5) is 5.69 Å². The lowest BCUT2D eigenvalue weighted by Crippen LogP contribution is -2.25. The highest BCUT2D eigenvalue weighted by Gasteiger charge is 2.20. The van der Waals surface area contributed by atoms with Gasteiger partial charge in [0.15, 0.2) is 5.16 Å². The van der Waals surface area contributed by atoms with Gasteiger partial charge in [-0.1, -0.05) is 23.9 Å². The number of carbonyl (C=O) groups excluding carboxylic acids is 1. The maximum atomic E-state index is 12.2. The van der Waals surface area contributed by atoms with E-state index in [0.717, 1.165) is 36.3 Å². The number of hydrogen-bond donors (Lipinski definition) is 2. The number of aryl methyl sites for hydroxylation is 2. The lowest BCUT2D eigenvalue weighted by Gasteiger charge is -2.11. The van der Waals surface area contributed by atoms with E-state index >= 15 is 0 Å². The molecule has 25 heavy (non-hydrogen) atoms. The zero-order valence-corrected chi connectivity index (χ0v) is 15.2. The van der Waals surface area contributed by atoms with Gasteiger partial charge in [-0.2, -0.15) is 0 Å². The van der Waals surface area contributed by atoms with Crippen molar-refractivity contribution in [3.63, 3.8) is 0 Å². The van der Waals surface area contributed by atoms with Crippen molar-refractivity contribution in [3.8, 4) is 0 Å². The monoisotopic (exact) mass is 362 g/mol. The van der Waals surface area contributed by atoms with Crippen LogP contribution in [0.5, 0.6) is 0 Å². The summed E-state index contributed by atoms with van der Waals surface area (Å²) < 4.78 is 7.12. The molecule has 1 amide bonds. The summed E-state index contributed by atoms with van der Waals surface area (Å²) in [6, 6.07) is 5.93. The summed E-state index contributed by atoms with van der Waals surface area (Å²) in [5, 5.41) is 9.89. The van der Waals surface area contributed by atoms with E-state index in [-0.39, 0.29) is 23.5 Å². The van der Waals surface area contributed by atoms with Gasteiger partial charge in [-0.25, -0.2) is 9.89 Å². The third kappa shape index (κ3) is 4.52. The molecule has 1 saturated heterocycles. The summed E-state index contributed by atoms with van der Waals surface area (Å²) in [5.74, 6) is 0.0567. The van der Waals surface area contributed by atoms with E-state index in [2.05, 4.69) is 15.5 Å². The summed E-state index contributed by atoms with van der Waals surface area (Å²) in [7, 11) is 0. The number of carbonyl (C=O) groups is 1.